The number of hydrogen-bond acceptors (Lipinski definition) is 8. The molecule has 0 aliphatic carbocycles. The van der Waals surface area contributed by atoms with Gasteiger partial charge in [-0.3, -0.25) is 15.6 Å². The van der Waals surface area contributed by atoms with Crippen molar-refractivity contribution in [2.75, 3.05) is 5.43 Å². The lowest BCUT2D eigenvalue weighted by molar-refractivity contribution is -0.389. The summed E-state index contributed by atoms with van der Waals surface area (Å²) < 4.78 is 0. The number of carbonyl (C=O) groups excluding carboxylic acids is 1. The predicted molar refractivity (Wildman–Crippen MR) is 72.0 cm³/mol. The molecule has 0 aliphatic rings. The molecule has 0 aromatic carbocycles. The zero-order valence-corrected chi connectivity index (χ0v) is 10.9. The lowest BCUT2D eigenvalue weighted by Gasteiger charge is -2.07. The van der Waals surface area contributed by atoms with Crippen LogP contribution in [0.3, 0.4) is 0 Å². The number of rotatable bonds is 5. The van der Waals surface area contributed by atoms with Crippen LogP contribution in [0.15, 0.2) is 24.0 Å². The van der Waals surface area contributed by atoms with Gasteiger partial charge in [0.15, 0.2) is 6.20 Å². The first kappa shape index (κ1) is 13.8. The second-order valence-corrected chi connectivity index (χ2v) is 4.61. The fourth-order valence-corrected chi connectivity index (χ4v) is 1.97. The van der Waals surface area contributed by atoms with Crippen molar-refractivity contribution < 1.29 is 9.72 Å². The van der Waals surface area contributed by atoms with Crippen molar-refractivity contribution >= 4 is 28.7 Å². The molecule has 0 atom stereocenters. The minimum absolute atomic E-state index is 0.0544. The number of hydrazine groups is 1. The number of nitrogens with one attached hydrogen (secondary N) is 2. The van der Waals surface area contributed by atoms with Crippen LogP contribution in [0.1, 0.15) is 15.2 Å². The highest BCUT2D eigenvalue weighted by molar-refractivity contribution is 7.09. The molecule has 2 aromatic heterocycles. The molecule has 10 heteroatoms. The van der Waals surface area contributed by atoms with E-state index in [9.17, 15) is 14.9 Å². The van der Waals surface area contributed by atoms with Gasteiger partial charge in [-0.2, -0.15) is 0 Å². The van der Waals surface area contributed by atoms with Gasteiger partial charge in [-0.25, -0.2) is 0 Å². The number of carbonyl (C=O) groups is 1. The van der Waals surface area contributed by atoms with Crippen molar-refractivity contribution in [3.8, 4) is 0 Å². The molecule has 0 aliphatic heterocycles. The van der Waals surface area contributed by atoms with Gasteiger partial charge >= 0.3 is 5.82 Å². The summed E-state index contributed by atoms with van der Waals surface area (Å²) in [6.07, 6.45) is 2.77. The van der Waals surface area contributed by atoms with Crippen LogP contribution in [-0.2, 0) is 6.54 Å². The molecule has 0 radical (unpaired) electrons. The van der Waals surface area contributed by atoms with Crippen LogP contribution in [0.25, 0.3) is 0 Å². The molecule has 4 N–H and O–H groups in total. The summed E-state index contributed by atoms with van der Waals surface area (Å²) in [6.45, 7) is 0.281. The van der Waals surface area contributed by atoms with Gasteiger partial charge in [0.25, 0.3) is 5.91 Å². The molecule has 20 heavy (non-hydrogen) atoms. The van der Waals surface area contributed by atoms with Gasteiger partial charge in [0.05, 0.1) is 23.7 Å². The van der Waals surface area contributed by atoms with E-state index in [1.165, 1.54) is 11.3 Å². The minimum atomic E-state index is -0.680. The predicted octanol–water partition coefficient (Wildman–Crippen LogP) is 0.662. The molecule has 0 spiro atoms. The van der Waals surface area contributed by atoms with E-state index >= 15 is 0 Å². The van der Waals surface area contributed by atoms with Crippen LogP contribution < -0.4 is 16.6 Å². The van der Waals surface area contributed by atoms with Crippen LogP contribution in [0.4, 0.5) is 11.5 Å². The summed E-state index contributed by atoms with van der Waals surface area (Å²) in [4.78, 5) is 30.3. The zero-order chi connectivity index (χ0) is 14.5. The molecule has 2 rings (SSSR count). The van der Waals surface area contributed by atoms with Crippen molar-refractivity contribution in [1.82, 2.24) is 15.3 Å². The van der Waals surface area contributed by atoms with Gasteiger partial charge in [0, 0.05) is 11.1 Å². The Labute approximate surface area is 117 Å². The van der Waals surface area contributed by atoms with Crippen molar-refractivity contribution in [1.29, 1.82) is 0 Å². The summed E-state index contributed by atoms with van der Waals surface area (Å²) >= 11 is 1.39. The van der Waals surface area contributed by atoms with Crippen molar-refractivity contribution in [3.63, 3.8) is 0 Å². The standard InChI is InChI=1S/C10H10N6O3S/c11-15-8-4-13-9(16(18)19)1-7(8)10(17)14-3-6-2-12-5-20-6/h1-2,4-5,15H,3,11H2,(H,14,17). The normalized spacial score (nSPS) is 10.1. The molecule has 0 saturated carbocycles. The third-order valence-corrected chi connectivity index (χ3v) is 3.16. The van der Waals surface area contributed by atoms with Gasteiger partial charge in [0.1, 0.15) is 5.69 Å². The van der Waals surface area contributed by atoms with Gasteiger partial charge in [-0.1, -0.05) is 0 Å². The number of anilines is 1. The Bertz CT molecular complexity index is 630. The summed E-state index contributed by atoms with van der Waals surface area (Å²) in [5, 5.41) is 13.3. The zero-order valence-electron chi connectivity index (χ0n) is 10.1. The molecule has 0 bridgehead atoms. The number of hydrogen-bond donors (Lipinski definition) is 3. The fraction of sp³-hybridized carbons (Fsp3) is 0.100. The average molecular weight is 294 g/mol. The maximum atomic E-state index is 12.0. The van der Waals surface area contributed by atoms with Crippen LogP contribution in [0.5, 0.6) is 0 Å². The monoisotopic (exact) mass is 294 g/mol. The number of amides is 1. The van der Waals surface area contributed by atoms with E-state index in [4.69, 9.17) is 5.84 Å². The molecular formula is C10H10N6O3S. The summed E-state index contributed by atoms with van der Waals surface area (Å²) in [5.74, 6) is 4.34. The second-order valence-electron chi connectivity index (χ2n) is 3.64. The highest BCUT2D eigenvalue weighted by atomic mass is 32.1. The molecule has 2 aromatic rings. The van der Waals surface area contributed by atoms with E-state index in [0.717, 1.165) is 17.1 Å². The minimum Gasteiger partial charge on any atom is -0.358 e. The number of nitrogen functional groups attached to an aromatic ring is 1. The van der Waals surface area contributed by atoms with Gasteiger partial charge < -0.3 is 20.9 Å². The van der Waals surface area contributed by atoms with E-state index in [1.54, 1.807) is 11.7 Å². The third-order valence-electron chi connectivity index (χ3n) is 2.38. The van der Waals surface area contributed by atoms with Crippen molar-refractivity contribution in [2.24, 2.45) is 5.84 Å². The Morgan fingerprint density at radius 3 is 2.90 bits per heavy atom. The van der Waals surface area contributed by atoms with E-state index < -0.39 is 16.6 Å². The van der Waals surface area contributed by atoms with Crippen LogP contribution in [0.2, 0.25) is 0 Å². The molecule has 9 nitrogen and oxygen atoms in total. The molecule has 104 valence electrons. The smallest absolute Gasteiger partial charge is 0.358 e. The number of nitrogens with zero attached hydrogens (tertiary/aromatic N) is 3. The van der Waals surface area contributed by atoms with Crippen molar-refractivity contribution in [2.45, 2.75) is 6.54 Å². The van der Waals surface area contributed by atoms with Crippen LogP contribution in [0, 0.1) is 10.1 Å². The molecule has 1 amide bonds. The first-order valence-corrected chi connectivity index (χ1v) is 6.26. The first-order chi connectivity index (χ1) is 9.61. The maximum Gasteiger partial charge on any atom is 0.364 e. The highest BCUT2D eigenvalue weighted by Gasteiger charge is 2.18. The van der Waals surface area contributed by atoms with Crippen molar-refractivity contribution in [3.05, 3.63) is 44.5 Å². The number of pyridine rings is 1. The number of nitro groups is 1. The summed E-state index contributed by atoms with van der Waals surface area (Å²) in [7, 11) is 0. The summed E-state index contributed by atoms with van der Waals surface area (Å²) in [5.41, 5.74) is 4.18. The quantitative estimate of drug-likeness (QED) is 0.418. The highest BCUT2D eigenvalue weighted by Crippen LogP contribution is 2.18. The molecule has 2 heterocycles. The number of thiazole rings is 1. The van der Waals surface area contributed by atoms with Gasteiger partial charge in [0.2, 0.25) is 0 Å². The van der Waals surface area contributed by atoms with E-state index in [1.807, 2.05) is 0 Å². The lowest BCUT2D eigenvalue weighted by Crippen LogP contribution is -2.24. The van der Waals surface area contributed by atoms with E-state index in [-0.39, 0.29) is 17.8 Å². The molecule has 0 saturated heterocycles. The van der Waals surface area contributed by atoms with Crippen LogP contribution in [-0.4, -0.2) is 20.8 Å². The van der Waals surface area contributed by atoms with E-state index in [0.29, 0.717) is 0 Å². The Hall–Kier alpha value is -2.59. The average Bonchev–Trinajstić information content (AvgIpc) is 2.97. The Morgan fingerprint density at radius 2 is 2.30 bits per heavy atom. The Morgan fingerprint density at radius 1 is 1.50 bits per heavy atom. The first-order valence-electron chi connectivity index (χ1n) is 5.38. The largest absolute Gasteiger partial charge is 0.364 e. The Balaban J connectivity index is 2.18. The maximum absolute atomic E-state index is 12.0. The topological polar surface area (TPSA) is 136 Å². The van der Waals surface area contributed by atoms with E-state index in [2.05, 4.69) is 20.7 Å². The Kier molecular flexibility index (Phi) is 4.17. The number of nitrogens with two attached hydrogens (primary N) is 1. The fourth-order valence-electron chi connectivity index (χ4n) is 1.44. The van der Waals surface area contributed by atoms with Crippen LogP contribution >= 0.6 is 11.3 Å². The van der Waals surface area contributed by atoms with Gasteiger partial charge in [-0.15, -0.1) is 11.3 Å². The second kappa shape index (κ2) is 6.04. The lowest BCUT2D eigenvalue weighted by atomic mass is 10.2. The number of aromatic nitrogens is 2. The molecule has 0 unspecified atom stereocenters. The third kappa shape index (κ3) is 3.05. The molecular weight excluding hydrogens is 284 g/mol. The summed E-state index contributed by atoms with van der Waals surface area (Å²) in [6, 6.07) is 1.07. The SMILES string of the molecule is NNc1cnc([N+](=O)[O-])cc1C(=O)NCc1cncs1. The van der Waals surface area contributed by atoms with Gasteiger partial charge in [-0.05, 0) is 9.91 Å². The molecule has 0 fully saturated rings.